The molecule has 2 aromatic heterocycles. The molecule has 3 rings (SSSR count). The minimum atomic E-state index is 0.772. The molecular weight excluding hydrogens is 254 g/mol. The van der Waals surface area contributed by atoms with Gasteiger partial charge in [0.2, 0.25) is 0 Å². The van der Waals surface area contributed by atoms with Gasteiger partial charge in [-0.15, -0.1) is 0 Å². The van der Waals surface area contributed by atoms with Crippen molar-refractivity contribution < 1.29 is 0 Å². The third kappa shape index (κ3) is 1.81. The van der Waals surface area contributed by atoms with E-state index in [9.17, 15) is 0 Å². The molecule has 1 N–H and O–H groups in total. The van der Waals surface area contributed by atoms with Crippen molar-refractivity contribution in [1.29, 1.82) is 0 Å². The van der Waals surface area contributed by atoms with Crippen molar-refractivity contribution in [2.75, 3.05) is 0 Å². The lowest BCUT2D eigenvalue weighted by atomic mass is 10.2. The van der Waals surface area contributed by atoms with Crippen molar-refractivity contribution in [3.8, 4) is 0 Å². The number of fused-ring (bicyclic) bond motifs is 1. The van der Waals surface area contributed by atoms with Gasteiger partial charge in [-0.25, -0.2) is 4.98 Å². The van der Waals surface area contributed by atoms with E-state index in [2.05, 4.69) is 43.3 Å². The molecule has 2 heterocycles. The van der Waals surface area contributed by atoms with Gasteiger partial charge in [0.05, 0.1) is 5.69 Å². The Balaban J connectivity index is 2.05. The van der Waals surface area contributed by atoms with Crippen LogP contribution in [-0.4, -0.2) is 15.2 Å². The van der Waals surface area contributed by atoms with E-state index in [1.54, 1.807) is 6.20 Å². The summed E-state index contributed by atoms with van der Waals surface area (Å²) in [5, 5.41) is 8.22. The minimum absolute atomic E-state index is 0.772. The first-order valence-corrected chi connectivity index (χ1v) is 5.80. The lowest BCUT2D eigenvalue weighted by molar-refractivity contribution is 1.08. The van der Waals surface area contributed by atoms with Gasteiger partial charge in [-0.3, -0.25) is 5.10 Å². The Hall–Kier alpha value is -1.16. The average Bonchev–Trinajstić information content (AvgIpc) is 2.97. The van der Waals surface area contributed by atoms with Gasteiger partial charge in [-0.2, -0.15) is 5.10 Å². The van der Waals surface area contributed by atoms with Crippen LogP contribution in [0.5, 0.6) is 0 Å². The number of H-pyrrole nitrogens is 1. The van der Waals surface area contributed by atoms with Crippen molar-refractivity contribution in [2.24, 2.45) is 5.92 Å². The molecule has 1 aliphatic carbocycles. The summed E-state index contributed by atoms with van der Waals surface area (Å²) in [6.07, 6.45) is 8.77. The van der Waals surface area contributed by atoms with Crippen molar-refractivity contribution in [1.82, 2.24) is 15.2 Å². The van der Waals surface area contributed by atoms with Gasteiger partial charge in [0, 0.05) is 16.1 Å². The Morgan fingerprint density at radius 3 is 3.13 bits per heavy atom. The van der Waals surface area contributed by atoms with E-state index in [0.29, 0.717) is 0 Å². The van der Waals surface area contributed by atoms with Crippen LogP contribution in [0.3, 0.4) is 0 Å². The maximum absolute atomic E-state index is 4.22. The zero-order valence-corrected chi connectivity index (χ0v) is 9.66. The molecule has 0 spiro atoms. The highest BCUT2D eigenvalue weighted by atomic mass is 79.9. The number of nitrogens with one attached hydrogen (secondary N) is 1. The largest absolute Gasteiger partial charge is 0.276 e. The number of aromatic nitrogens is 3. The zero-order valence-electron chi connectivity index (χ0n) is 8.07. The summed E-state index contributed by atoms with van der Waals surface area (Å²) in [6.45, 7) is 0. The number of halogens is 1. The van der Waals surface area contributed by atoms with Gasteiger partial charge >= 0.3 is 0 Å². The minimum Gasteiger partial charge on any atom is -0.276 e. The Kier molecular flexibility index (Phi) is 2.09. The molecule has 0 aromatic carbocycles. The van der Waals surface area contributed by atoms with Gasteiger partial charge in [0.25, 0.3) is 0 Å². The molecule has 0 unspecified atom stereocenters. The van der Waals surface area contributed by atoms with Crippen LogP contribution < -0.4 is 0 Å². The van der Waals surface area contributed by atoms with Gasteiger partial charge < -0.3 is 0 Å². The summed E-state index contributed by atoms with van der Waals surface area (Å²) < 4.78 is 0.984. The highest BCUT2D eigenvalue weighted by molar-refractivity contribution is 9.10. The van der Waals surface area contributed by atoms with Crippen molar-refractivity contribution >= 4 is 33.0 Å². The van der Waals surface area contributed by atoms with Crippen molar-refractivity contribution in [3.05, 3.63) is 28.5 Å². The van der Waals surface area contributed by atoms with E-state index < -0.39 is 0 Å². The van der Waals surface area contributed by atoms with E-state index in [1.165, 1.54) is 12.8 Å². The zero-order chi connectivity index (χ0) is 10.3. The first-order chi connectivity index (χ1) is 7.33. The molecule has 0 atom stereocenters. The van der Waals surface area contributed by atoms with Crippen molar-refractivity contribution in [3.63, 3.8) is 0 Å². The third-order valence-corrected chi connectivity index (χ3v) is 3.00. The number of pyridine rings is 1. The van der Waals surface area contributed by atoms with Crippen LogP contribution in [0.15, 0.2) is 22.8 Å². The number of aromatic amines is 1. The molecule has 4 heteroatoms. The summed E-state index contributed by atoms with van der Waals surface area (Å²) in [7, 11) is 0. The normalized spacial score (nSPS) is 16.6. The molecule has 1 fully saturated rings. The molecule has 15 heavy (non-hydrogen) atoms. The van der Waals surface area contributed by atoms with Crippen LogP contribution in [0.2, 0.25) is 0 Å². The molecule has 0 amide bonds. The van der Waals surface area contributed by atoms with Crippen LogP contribution in [0.4, 0.5) is 0 Å². The summed E-state index contributed by atoms with van der Waals surface area (Å²) in [6, 6.07) is 2.04. The fraction of sp³-hybridized carbons (Fsp3) is 0.273. The topological polar surface area (TPSA) is 41.6 Å². The second-order valence-electron chi connectivity index (χ2n) is 3.86. The maximum atomic E-state index is 4.22. The van der Waals surface area contributed by atoms with Gasteiger partial charge in [0.1, 0.15) is 0 Å². The predicted octanol–water partition coefficient (Wildman–Crippen LogP) is 3.14. The Labute approximate surface area is 95.7 Å². The highest BCUT2D eigenvalue weighted by Crippen LogP contribution is 2.31. The summed E-state index contributed by atoms with van der Waals surface area (Å²) in [5.41, 5.74) is 1.82. The average molecular weight is 264 g/mol. The van der Waals surface area contributed by atoms with Gasteiger partial charge in [-0.1, -0.05) is 6.08 Å². The molecule has 3 nitrogen and oxygen atoms in total. The molecule has 0 bridgehead atoms. The smallest absolute Gasteiger partial charge is 0.181 e. The Bertz CT molecular complexity index is 526. The summed E-state index contributed by atoms with van der Waals surface area (Å²) >= 11 is 3.42. The summed E-state index contributed by atoms with van der Waals surface area (Å²) in [4.78, 5) is 4.22. The fourth-order valence-corrected chi connectivity index (χ4v) is 1.87. The second-order valence-corrected chi connectivity index (χ2v) is 4.77. The number of rotatable bonds is 2. The predicted molar refractivity (Wildman–Crippen MR) is 63.3 cm³/mol. The van der Waals surface area contributed by atoms with Crippen LogP contribution in [-0.2, 0) is 0 Å². The van der Waals surface area contributed by atoms with Gasteiger partial charge in [-0.05, 0) is 46.8 Å². The third-order valence-electron chi connectivity index (χ3n) is 2.56. The molecule has 0 saturated heterocycles. The van der Waals surface area contributed by atoms with Crippen molar-refractivity contribution in [2.45, 2.75) is 12.8 Å². The van der Waals surface area contributed by atoms with E-state index in [-0.39, 0.29) is 0 Å². The van der Waals surface area contributed by atoms with Crippen LogP contribution in [0, 0.1) is 5.92 Å². The molecule has 0 aliphatic heterocycles. The number of nitrogens with zero attached hydrogens (tertiary/aromatic N) is 2. The fourth-order valence-electron chi connectivity index (χ4n) is 1.54. The van der Waals surface area contributed by atoms with E-state index in [4.69, 9.17) is 0 Å². The number of hydrogen-bond donors (Lipinski definition) is 1. The number of hydrogen-bond acceptors (Lipinski definition) is 2. The van der Waals surface area contributed by atoms with E-state index >= 15 is 0 Å². The van der Waals surface area contributed by atoms with E-state index in [1.807, 2.05) is 6.07 Å². The highest BCUT2D eigenvalue weighted by Gasteiger charge is 2.17. The monoisotopic (exact) mass is 263 g/mol. The van der Waals surface area contributed by atoms with Gasteiger partial charge in [0.15, 0.2) is 5.65 Å². The number of allylic oxidation sites excluding steroid dienone is 1. The van der Waals surface area contributed by atoms with Crippen LogP contribution in [0.1, 0.15) is 18.5 Å². The first-order valence-electron chi connectivity index (χ1n) is 5.01. The molecule has 0 radical (unpaired) electrons. The maximum Gasteiger partial charge on any atom is 0.181 e. The Morgan fingerprint density at radius 1 is 1.47 bits per heavy atom. The molecule has 2 aromatic rings. The molecule has 1 aliphatic rings. The standard InChI is InChI=1S/C11H10BrN3/c12-8-5-9-10(4-3-7-1-2-7)14-15-11(9)13-6-8/h3-7H,1-2H2,(H,13,14,15). The SMILES string of the molecule is Brc1cnc2n[nH]c(C=CC3CC3)c2c1. The molecular formula is C11H10BrN3. The summed E-state index contributed by atoms with van der Waals surface area (Å²) in [5.74, 6) is 0.781. The second kappa shape index (κ2) is 3.45. The Morgan fingerprint density at radius 2 is 2.33 bits per heavy atom. The lowest BCUT2D eigenvalue weighted by Gasteiger charge is -1.91. The molecule has 1 saturated carbocycles. The van der Waals surface area contributed by atoms with Crippen LogP contribution >= 0.6 is 15.9 Å². The molecule has 76 valence electrons. The first kappa shape index (κ1) is 9.09. The quantitative estimate of drug-likeness (QED) is 0.905. The van der Waals surface area contributed by atoms with Crippen LogP contribution in [0.25, 0.3) is 17.1 Å². The van der Waals surface area contributed by atoms with E-state index in [0.717, 1.165) is 27.1 Å². The lowest BCUT2D eigenvalue weighted by Crippen LogP contribution is -1.76.